The second-order valence-corrected chi connectivity index (χ2v) is 13.1. The van der Waals surface area contributed by atoms with Crippen LogP contribution in [0.1, 0.15) is 117 Å². The second-order valence-electron chi connectivity index (χ2n) is 11.3. The molecule has 0 saturated carbocycles. The minimum absolute atomic E-state index is 0.0727. The van der Waals surface area contributed by atoms with Crippen LogP contribution in [0.25, 0.3) is 0 Å². The quantitative estimate of drug-likeness (QED) is 0.0546. The molecule has 0 aliphatic rings. The van der Waals surface area contributed by atoms with Crippen molar-refractivity contribution < 1.29 is 32.7 Å². The average molecular weight is 536 g/mol. The van der Waals surface area contributed by atoms with Crippen molar-refractivity contribution in [3.05, 3.63) is 0 Å². The van der Waals surface area contributed by atoms with Crippen molar-refractivity contribution in [2.75, 3.05) is 53.7 Å². The number of likely N-dealkylation sites (N-methyl/N-ethyl adjacent to an activating group) is 1. The molecule has 0 fully saturated rings. The molecule has 2 unspecified atom stereocenters. The van der Waals surface area contributed by atoms with Crippen LogP contribution in [0.15, 0.2) is 0 Å². The molecule has 0 N–H and O–H groups in total. The lowest BCUT2D eigenvalue weighted by Crippen LogP contribution is -2.38. The Morgan fingerprint density at radius 3 is 1.64 bits per heavy atom. The molecule has 0 saturated heterocycles. The van der Waals surface area contributed by atoms with Crippen molar-refractivity contribution in [1.29, 1.82) is 0 Å². The van der Waals surface area contributed by atoms with Gasteiger partial charge in [0.1, 0.15) is 26.9 Å². The number of hydrogen-bond donors (Lipinski definition) is 0. The number of esters is 1. The lowest BCUT2D eigenvalue weighted by molar-refractivity contribution is -0.870. The standard InChI is InChI=1S/C28H58NO6P/c1-6-7-8-9-10-11-12-13-14-15-16-17-18-19-20-21-23-33-25-28(35-27(2)30)26-36(31,32)34-24-22-29(3,4)5/h28H,6-26H2,1-5H3. The Kier molecular flexibility index (Phi) is 22.2. The van der Waals surface area contributed by atoms with E-state index in [0.29, 0.717) is 17.6 Å². The smallest absolute Gasteiger partial charge is 0.302 e. The SMILES string of the molecule is CCCCCCCCCCCCCCCCCCOCC(CP(=O)([O-])OCC[N+](C)(C)C)OC(C)=O. The summed E-state index contributed by atoms with van der Waals surface area (Å²) >= 11 is 0. The fourth-order valence-electron chi connectivity index (χ4n) is 4.08. The van der Waals surface area contributed by atoms with Gasteiger partial charge in [-0.2, -0.15) is 0 Å². The summed E-state index contributed by atoms with van der Waals surface area (Å²) in [7, 11) is 1.79. The van der Waals surface area contributed by atoms with E-state index < -0.39 is 19.7 Å². The lowest BCUT2D eigenvalue weighted by Gasteiger charge is -2.29. The number of nitrogens with zero attached hydrogens (tertiary/aromatic N) is 1. The van der Waals surface area contributed by atoms with Gasteiger partial charge >= 0.3 is 5.97 Å². The van der Waals surface area contributed by atoms with E-state index in [9.17, 15) is 14.3 Å². The number of carbonyl (C=O) groups excluding carboxylic acids is 1. The third-order valence-corrected chi connectivity index (χ3v) is 7.69. The highest BCUT2D eigenvalue weighted by atomic mass is 31.2. The van der Waals surface area contributed by atoms with Gasteiger partial charge in [0.2, 0.25) is 0 Å². The molecule has 0 radical (unpaired) electrons. The average Bonchev–Trinajstić information content (AvgIpc) is 2.76. The molecule has 0 aliphatic heterocycles. The normalized spacial score (nSPS) is 14.5. The van der Waals surface area contributed by atoms with Crippen LogP contribution in [0, 0.1) is 0 Å². The van der Waals surface area contributed by atoms with Gasteiger partial charge in [-0.1, -0.05) is 103 Å². The summed E-state index contributed by atoms with van der Waals surface area (Å²) in [6.07, 6.45) is 19.8. The maximum Gasteiger partial charge on any atom is 0.302 e. The van der Waals surface area contributed by atoms with Crippen LogP contribution in [0.5, 0.6) is 0 Å². The minimum Gasteiger partial charge on any atom is -0.778 e. The van der Waals surface area contributed by atoms with E-state index in [4.69, 9.17) is 14.0 Å². The highest BCUT2D eigenvalue weighted by molar-refractivity contribution is 7.51. The summed E-state index contributed by atoms with van der Waals surface area (Å²) in [5.41, 5.74) is 0. The number of quaternary nitrogens is 1. The van der Waals surface area contributed by atoms with Gasteiger partial charge in [0.05, 0.1) is 33.9 Å². The molecule has 8 heteroatoms. The number of unbranched alkanes of at least 4 members (excludes halogenated alkanes) is 15. The predicted octanol–water partition coefficient (Wildman–Crippen LogP) is 6.47. The van der Waals surface area contributed by atoms with Crippen LogP contribution in [-0.2, 0) is 23.4 Å². The molecule has 0 aromatic carbocycles. The van der Waals surface area contributed by atoms with E-state index in [2.05, 4.69) is 6.92 Å². The van der Waals surface area contributed by atoms with E-state index in [1.54, 1.807) is 0 Å². The van der Waals surface area contributed by atoms with Crippen molar-refractivity contribution >= 4 is 13.6 Å². The number of ether oxygens (including phenoxy) is 2. The van der Waals surface area contributed by atoms with E-state index in [-0.39, 0.29) is 19.4 Å². The molecule has 216 valence electrons. The molecule has 0 spiro atoms. The molecule has 0 aromatic rings. The molecule has 0 rings (SSSR count). The topological polar surface area (TPSA) is 84.9 Å². The first-order chi connectivity index (χ1) is 17.1. The second kappa shape index (κ2) is 22.5. The maximum absolute atomic E-state index is 12.3. The maximum atomic E-state index is 12.3. The Morgan fingerprint density at radius 2 is 1.22 bits per heavy atom. The van der Waals surface area contributed by atoms with Crippen LogP contribution >= 0.6 is 7.60 Å². The van der Waals surface area contributed by atoms with Gasteiger partial charge in [0.25, 0.3) is 0 Å². The monoisotopic (exact) mass is 535 g/mol. The molecule has 0 aromatic heterocycles. The zero-order valence-electron chi connectivity index (χ0n) is 24.3. The van der Waals surface area contributed by atoms with Crippen molar-refractivity contribution in [3.8, 4) is 0 Å². The largest absolute Gasteiger partial charge is 0.778 e. The third-order valence-electron chi connectivity index (χ3n) is 6.26. The van der Waals surface area contributed by atoms with Crippen LogP contribution < -0.4 is 4.89 Å². The van der Waals surface area contributed by atoms with Gasteiger partial charge in [-0.15, -0.1) is 0 Å². The van der Waals surface area contributed by atoms with Crippen LogP contribution in [0.4, 0.5) is 0 Å². The summed E-state index contributed by atoms with van der Waals surface area (Å²) in [5, 5.41) is 0. The van der Waals surface area contributed by atoms with Crippen LogP contribution in [0.2, 0.25) is 0 Å². The molecular weight excluding hydrogens is 477 g/mol. The Labute approximate surface area is 222 Å². The molecule has 0 amide bonds. The molecular formula is C28H58NO6P. The van der Waals surface area contributed by atoms with E-state index >= 15 is 0 Å². The fraction of sp³-hybridized carbons (Fsp3) is 0.964. The zero-order valence-corrected chi connectivity index (χ0v) is 25.2. The minimum atomic E-state index is -4.10. The van der Waals surface area contributed by atoms with Crippen LogP contribution in [0.3, 0.4) is 0 Å². The van der Waals surface area contributed by atoms with Crippen LogP contribution in [-0.4, -0.2) is 70.2 Å². The lowest BCUT2D eigenvalue weighted by atomic mass is 10.0. The predicted molar refractivity (Wildman–Crippen MR) is 147 cm³/mol. The molecule has 7 nitrogen and oxygen atoms in total. The molecule has 2 atom stereocenters. The first-order valence-corrected chi connectivity index (χ1v) is 16.3. The summed E-state index contributed by atoms with van der Waals surface area (Å²) < 4.78 is 28.7. The highest BCUT2D eigenvalue weighted by Crippen LogP contribution is 2.38. The summed E-state index contributed by atoms with van der Waals surface area (Å²) in [5.74, 6) is -0.516. The fourth-order valence-corrected chi connectivity index (χ4v) is 5.23. The van der Waals surface area contributed by atoms with Crippen molar-refractivity contribution in [1.82, 2.24) is 0 Å². The first-order valence-electron chi connectivity index (χ1n) is 14.6. The third kappa shape index (κ3) is 26.6. The Balaban J connectivity index is 3.72. The number of hydrogen-bond acceptors (Lipinski definition) is 6. The van der Waals surface area contributed by atoms with Gasteiger partial charge in [0.15, 0.2) is 0 Å². The number of carbonyl (C=O) groups is 1. The van der Waals surface area contributed by atoms with Gasteiger partial charge in [-0.25, -0.2) is 0 Å². The van der Waals surface area contributed by atoms with Crippen molar-refractivity contribution in [3.63, 3.8) is 0 Å². The Bertz CT molecular complexity index is 567. The zero-order chi connectivity index (χ0) is 27.1. The molecule has 0 aliphatic carbocycles. The van der Waals surface area contributed by atoms with E-state index in [0.717, 1.165) is 12.8 Å². The first kappa shape index (κ1) is 35.5. The molecule has 0 bridgehead atoms. The molecule has 0 heterocycles. The highest BCUT2D eigenvalue weighted by Gasteiger charge is 2.21. The molecule has 36 heavy (non-hydrogen) atoms. The van der Waals surface area contributed by atoms with E-state index in [1.165, 1.54) is 96.8 Å². The summed E-state index contributed by atoms with van der Waals surface area (Å²) in [6, 6.07) is 0. The van der Waals surface area contributed by atoms with Crippen molar-refractivity contribution in [2.45, 2.75) is 123 Å². The number of rotatable bonds is 26. The van der Waals surface area contributed by atoms with Gasteiger partial charge in [-0.3, -0.25) is 4.79 Å². The van der Waals surface area contributed by atoms with Crippen molar-refractivity contribution in [2.24, 2.45) is 0 Å². The van der Waals surface area contributed by atoms with E-state index in [1.807, 2.05) is 21.1 Å². The Hall–Kier alpha value is -0.460. The van der Waals surface area contributed by atoms with Gasteiger partial charge in [-0.05, 0) is 6.42 Å². The summed E-state index contributed by atoms with van der Waals surface area (Å²) in [4.78, 5) is 23.6. The summed E-state index contributed by atoms with van der Waals surface area (Å²) in [6.45, 7) is 4.84. The van der Waals surface area contributed by atoms with Gasteiger partial charge in [0, 0.05) is 13.5 Å². The van der Waals surface area contributed by atoms with Gasteiger partial charge < -0.3 is 27.9 Å². The Morgan fingerprint density at radius 1 is 0.778 bits per heavy atom.